The minimum Gasteiger partial charge on any atom is -0.399 e. The standard InChI is InChI=1S/C45H44N12OS2/c1-25(2)35-17-15-33-41(54-35)48-23-50-43(33)56-37-21-29(9-19-39(37)59-31-11-5-27(46)6-12-31)52-45(58)53-30-10-20-40(60-32-13-7-28(47)8-14-32)38(22-30)57-44-34-16-18-36(26(3)4)55-42(34)49-24-51-44/h5-26,35H,46-47H2,1-4H3,(H2,52,53,58)(H2,48,50,54,56)(H,49,51,55,57). The number of amides is 2. The Kier molecular flexibility index (Phi) is 11.7. The van der Waals surface area contributed by atoms with Crippen LogP contribution in [-0.2, 0) is 0 Å². The fourth-order valence-corrected chi connectivity index (χ4v) is 8.17. The smallest absolute Gasteiger partial charge is 0.323 e. The van der Waals surface area contributed by atoms with E-state index in [1.165, 1.54) is 6.33 Å². The van der Waals surface area contributed by atoms with Gasteiger partial charge < -0.3 is 38.1 Å². The van der Waals surface area contributed by atoms with Gasteiger partial charge in [-0.2, -0.15) is 0 Å². The Morgan fingerprint density at radius 1 is 0.683 bits per heavy atom. The maximum atomic E-state index is 13.7. The topological polar surface area (TPSA) is 194 Å². The monoisotopic (exact) mass is 832 g/mol. The zero-order valence-corrected chi connectivity index (χ0v) is 35.0. The first-order valence-corrected chi connectivity index (χ1v) is 21.1. The van der Waals surface area contributed by atoms with Crippen LogP contribution in [0.25, 0.3) is 17.1 Å². The Labute approximate surface area is 356 Å². The molecule has 4 aromatic carbocycles. The summed E-state index contributed by atoms with van der Waals surface area (Å²) < 4.78 is 0. The van der Waals surface area contributed by atoms with E-state index in [1.807, 2.05) is 97.1 Å². The van der Waals surface area contributed by atoms with Crippen LogP contribution < -0.4 is 38.1 Å². The number of nitrogens with zero attached hydrogens (tertiary/aromatic N) is 5. The molecule has 8 rings (SSSR count). The number of pyridine rings is 1. The largest absolute Gasteiger partial charge is 0.399 e. The van der Waals surface area contributed by atoms with Gasteiger partial charge in [0.1, 0.15) is 30.1 Å². The lowest BCUT2D eigenvalue weighted by atomic mass is 10.00. The van der Waals surface area contributed by atoms with Gasteiger partial charge in [-0.15, -0.1) is 0 Å². The molecule has 1 aliphatic heterocycles. The van der Waals surface area contributed by atoms with E-state index in [9.17, 15) is 4.79 Å². The van der Waals surface area contributed by atoms with Crippen molar-refractivity contribution >= 4 is 98.2 Å². The number of hydrogen-bond donors (Lipinski definition) is 7. The number of hydrogen-bond acceptors (Lipinski definition) is 13. The highest BCUT2D eigenvalue weighted by Gasteiger charge is 2.21. The van der Waals surface area contributed by atoms with Crippen LogP contribution in [0, 0.1) is 5.92 Å². The first-order valence-electron chi connectivity index (χ1n) is 19.4. The summed E-state index contributed by atoms with van der Waals surface area (Å²) >= 11 is 3.13. The fourth-order valence-electron chi connectivity index (χ4n) is 6.40. The van der Waals surface area contributed by atoms with E-state index in [0.29, 0.717) is 46.0 Å². The van der Waals surface area contributed by atoms with Crippen LogP contribution >= 0.6 is 23.5 Å². The summed E-state index contributed by atoms with van der Waals surface area (Å²) in [5.74, 6) is 2.63. The van der Waals surface area contributed by atoms with Gasteiger partial charge in [-0.3, -0.25) is 0 Å². The van der Waals surface area contributed by atoms with Crippen molar-refractivity contribution in [2.24, 2.45) is 5.92 Å². The third-order valence-corrected chi connectivity index (χ3v) is 11.9. The van der Waals surface area contributed by atoms with Gasteiger partial charge in [0.15, 0.2) is 5.65 Å². The average molecular weight is 833 g/mol. The van der Waals surface area contributed by atoms with E-state index in [2.05, 4.69) is 86.4 Å². The summed E-state index contributed by atoms with van der Waals surface area (Å²) in [7, 11) is 0. The molecule has 0 aliphatic carbocycles. The van der Waals surface area contributed by atoms with Gasteiger partial charge in [-0.25, -0.2) is 29.7 Å². The van der Waals surface area contributed by atoms with Crippen molar-refractivity contribution in [3.63, 3.8) is 0 Å². The van der Waals surface area contributed by atoms with Gasteiger partial charge in [-0.05, 0) is 115 Å². The number of rotatable bonds is 12. The van der Waals surface area contributed by atoms with Crippen LogP contribution in [0.5, 0.6) is 0 Å². The van der Waals surface area contributed by atoms with E-state index in [4.69, 9.17) is 16.5 Å². The molecule has 0 saturated carbocycles. The molecular formula is C45H44N12OS2. The molecule has 7 aromatic rings. The van der Waals surface area contributed by atoms with Crippen LogP contribution in [0.2, 0.25) is 0 Å². The second-order valence-electron chi connectivity index (χ2n) is 14.8. The van der Waals surface area contributed by atoms with Crippen LogP contribution in [0.4, 0.5) is 56.4 Å². The van der Waals surface area contributed by atoms with E-state index < -0.39 is 6.03 Å². The van der Waals surface area contributed by atoms with Crippen LogP contribution in [-0.4, -0.2) is 37.0 Å². The molecule has 60 heavy (non-hydrogen) atoms. The van der Waals surface area contributed by atoms with Gasteiger partial charge in [0.05, 0.1) is 22.3 Å². The molecule has 3 aromatic heterocycles. The minimum absolute atomic E-state index is 0.163. The molecule has 0 radical (unpaired) electrons. The van der Waals surface area contributed by atoms with Crippen LogP contribution in [0.3, 0.4) is 0 Å². The number of aromatic nitrogens is 5. The number of nitrogens with one attached hydrogen (secondary N) is 5. The SMILES string of the molecule is CC(C)c1ccc2c(Nc3cc(NC(=O)Nc4ccc(Sc5ccc(N)cc5)c(Nc5ncnc6c5C=CC(C(C)C)N6)c4)ccc3Sc3ccc(N)cc3)ncnc2n1. The zero-order chi connectivity index (χ0) is 41.8. The summed E-state index contributed by atoms with van der Waals surface area (Å²) in [6, 6.07) is 30.5. The highest BCUT2D eigenvalue weighted by atomic mass is 32.2. The van der Waals surface area contributed by atoms with Crippen molar-refractivity contribution in [2.45, 2.75) is 59.2 Å². The third kappa shape index (κ3) is 9.38. The molecule has 302 valence electrons. The lowest BCUT2D eigenvalue weighted by molar-refractivity contribution is 0.262. The Balaban J connectivity index is 1.07. The Hall–Kier alpha value is -6.84. The molecule has 1 unspecified atom stereocenters. The van der Waals surface area contributed by atoms with Crippen LogP contribution in [0.1, 0.15) is 44.9 Å². The van der Waals surface area contributed by atoms with E-state index in [1.54, 1.807) is 29.9 Å². The molecule has 4 heterocycles. The van der Waals surface area contributed by atoms with Crippen molar-refractivity contribution in [3.8, 4) is 0 Å². The number of fused-ring (bicyclic) bond motifs is 2. The van der Waals surface area contributed by atoms with Gasteiger partial charge in [0.2, 0.25) is 0 Å². The molecule has 0 fully saturated rings. The molecule has 2 amide bonds. The first-order chi connectivity index (χ1) is 29.0. The Morgan fingerprint density at radius 2 is 1.25 bits per heavy atom. The van der Waals surface area contributed by atoms with Crippen molar-refractivity contribution in [1.29, 1.82) is 0 Å². The summed E-state index contributed by atoms with van der Waals surface area (Å²) in [6.45, 7) is 8.52. The van der Waals surface area contributed by atoms with E-state index in [0.717, 1.165) is 53.4 Å². The number of anilines is 9. The second-order valence-corrected chi connectivity index (χ2v) is 17.1. The number of carbonyl (C=O) groups excluding carboxylic acids is 1. The van der Waals surface area contributed by atoms with Gasteiger partial charge >= 0.3 is 6.03 Å². The third-order valence-electron chi connectivity index (χ3n) is 9.68. The fraction of sp³-hybridized carbons (Fsp3) is 0.156. The summed E-state index contributed by atoms with van der Waals surface area (Å²) in [5, 5.41) is 17.4. The van der Waals surface area contributed by atoms with Crippen molar-refractivity contribution in [1.82, 2.24) is 24.9 Å². The molecule has 0 saturated heterocycles. The number of nitrogens with two attached hydrogens (primary N) is 2. The number of benzene rings is 4. The number of carbonyl (C=O) groups is 1. The molecular weight excluding hydrogens is 789 g/mol. The zero-order valence-electron chi connectivity index (χ0n) is 33.4. The Morgan fingerprint density at radius 3 is 1.83 bits per heavy atom. The number of nitrogen functional groups attached to an aromatic ring is 2. The van der Waals surface area contributed by atoms with Crippen molar-refractivity contribution in [3.05, 3.63) is 127 Å². The lowest BCUT2D eigenvalue weighted by Gasteiger charge is -2.25. The normalized spacial score (nSPS) is 13.2. The van der Waals surface area contributed by atoms with E-state index in [-0.39, 0.29) is 12.0 Å². The summed E-state index contributed by atoms with van der Waals surface area (Å²) in [5.41, 5.74) is 18.3. The van der Waals surface area contributed by atoms with Crippen molar-refractivity contribution in [2.75, 3.05) is 38.1 Å². The van der Waals surface area contributed by atoms with Crippen LogP contribution in [0.15, 0.2) is 135 Å². The lowest BCUT2D eigenvalue weighted by Crippen LogP contribution is -2.26. The van der Waals surface area contributed by atoms with Gasteiger partial charge in [-0.1, -0.05) is 57.3 Å². The van der Waals surface area contributed by atoms with E-state index >= 15 is 0 Å². The van der Waals surface area contributed by atoms with Crippen molar-refractivity contribution < 1.29 is 4.79 Å². The predicted octanol–water partition coefficient (Wildman–Crippen LogP) is 11.0. The average Bonchev–Trinajstić information content (AvgIpc) is 3.24. The van der Waals surface area contributed by atoms with Gasteiger partial charge in [0, 0.05) is 54.1 Å². The molecule has 0 bridgehead atoms. The second kappa shape index (κ2) is 17.6. The molecule has 9 N–H and O–H groups in total. The molecule has 1 atom stereocenters. The first kappa shape index (κ1) is 40.0. The van der Waals surface area contributed by atoms with Gasteiger partial charge in [0.25, 0.3) is 0 Å². The Bertz CT molecular complexity index is 2710. The summed E-state index contributed by atoms with van der Waals surface area (Å²) in [4.78, 5) is 40.4. The molecule has 15 heteroatoms. The summed E-state index contributed by atoms with van der Waals surface area (Å²) in [6.07, 6.45) is 7.23. The minimum atomic E-state index is -0.422. The number of urea groups is 1. The highest BCUT2D eigenvalue weighted by Crippen LogP contribution is 2.40. The molecule has 0 spiro atoms. The maximum Gasteiger partial charge on any atom is 0.323 e. The maximum absolute atomic E-state index is 13.7. The quantitative estimate of drug-likeness (QED) is 0.0576. The highest BCUT2D eigenvalue weighted by molar-refractivity contribution is 7.99. The predicted molar refractivity (Wildman–Crippen MR) is 247 cm³/mol. The molecule has 1 aliphatic rings. The molecule has 13 nitrogen and oxygen atoms in total.